The van der Waals surface area contributed by atoms with Crippen molar-refractivity contribution in [3.63, 3.8) is 0 Å². The molecule has 1 fully saturated rings. The van der Waals surface area contributed by atoms with Gasteiger partial charge in [-0.15, -0.1) is 0 Å². The quantitative estimate of drug-likeness (QED) is 0.333. The number of aliphatic hydroxyl groups excluding tert-OH is 1. The first-order valence-electron chi connectivity index (χ1n) is 11.1. The van der Waals surface area contributed by atoms with Gasteiger partial charge in [0.05, 0.1) is 30.4 Å². The van der Waals surface area contributed by atoms with E-state index < -0.39 is 17.7 Å². The molecule has 2 heterocycles. The summed E-state index contributed by atoms with van der Waals surface area (Å²) < 4.78 is 5.50. The van der Waals surface area contributed by atoms with Crippen LogP contribution in [0.4, 0.5) is 5.69 Å². The lowest BCUT2D eigenvalue weighted by molar-refractivity contribution is -0.132. The van der Waals surface area contributed by atoms with Gasteiger partial charge in [0.25, 0.3) is 11.7 Å². The summed E-state index contributed by atoms with van der Waals surface area (Å²) in [6.45, 7) is 6.07. The third-order valence-electron chi connectivity index (χ3n) is 6.00. The van der Waals surface area contributed by atoms with Gasteiger partial charge in [0.2, 0.25) is 0 Å². The second-order valence-electron chi connectivity index (χ2n) is 9.28. The molecule has 35 heavy (non-hydrogen) atoms. The van der Waals surface area contributed by atoms with Gasteiger partial charge in [0.1, 0.15) is 11.5 Å². The molecule has 0 spiro atoms. The molecule has 0 radical (unpaired) electrons. The summed E-state index contributed by atoms with van der Waals surface area (Å²) in [7, 11) is 1.58. The van der Waals surface area contributed by atoms with Crippen LogP contribution < -0.4 is 9.64 Å². The largest absolute Gasteiger partial charge is 0.507 e. The van der Waals surface area contributed by atoms with E-state index in [4.69, 9.17) is 10.00 Å². The number of ether oxygens (including phenoxy) is 1. The Bertz CT molecular complexity index is 1360. The number of amides is 1. The van der Waals surface area contributed by atoms with E-state index in [2.05, 4.69) is 4.98 Å². The fourth-order valence-corrected chi connectivity index (χ4v) is 4.25. The summed E-state index contributed by atoms with van der Waals surface area (Å²) in [6, 6.07) is 16.2. The first-order valence-corrected chi connectivity index (χ1v) is 11.1. The van der Waals surface area contributed by atoms with Crippen molar-refractivity contribution in [2.45, 2.75) is 32.2 Å². The highest BCUT2D eigenvalue weighted by molar-refractivity contribution is 6.51. The van der Waals surface area contributed by atoms with Gasteiger partial charge in [-0.25, -0.2) is 0 Å². The molecule has 1 unspecified atom stereocenters. The minimum Gasteiger partial charge on any atom is -0.507 e. The smallest absolute Gasteiger partial charge is 0.300 e. The Morgan fingerprint density at radius 1 is 1.11 bits per heavy atom. The van der Waals surface area contributed by atoms with Gasteiger partial charge in [-0.3, -0.25) is 19.5 Å². The molecule has 3 aromatic rings. The molecule has 0 saturated carbocycles. The van der Waals surface area contributed by atoms with Gasteiger partial charge in [-0.1, -0.05) is 26.8 Å². The number of methoxy groups -OCH3 is 1. The second-order valence-corrected chi connectivity index (χ2v) is 9.28. The number of carbonyl (C=O) groups excluding carboxylic acids is 2. The maximum absolute atomic E-state index is 13.3. The molecule has 7 nitrogen and oxygen atoms in total. The summed E-state index contributed by atoms with van der Waals surface area (Å²) in [6.07, 6.45) is 3.16. The molecule has 1 aliphatic rings. The molecule has 1 amide bonds. The summed E-state index contributed by atoms with van der Waals surface area (Å²) in [5.74, 6) is -1.18. The van der Waals surface area contributed by atoms with Crippen molar-refractivity contribution >= 4 is 23.1 Å². The molecule has 1 aliphatic heterocycles. The van der Waals surface area contributed by atoms with E-state index in [1.54, 1.807) is 74.1 Å². The fraction of sp³-hybridized carbons (Fsp3) is 0.214. The number of benzene rings is 2. The van der Waals surface area contributed by atoms with Crippen LogP contribution in [0.5, 0.6) is 5.75 Å². The molecule has 0 bridgehead atoms. The fourth-order valence-electron chi connectivity index (χ4n) is 4.25. The van der Waals surface area contributed by atoms with E-state index >= 15 is 0 Å². The zero-order valence-electron chi connectivity index (χ0n) is 19.9. The number of hydrogen-bond donors (Lipinski definition) is 1. The SMILES string of the molecule is COc1ccc(/C(O)=C2/C(=O)C(=O)N(c3ccc(C#N)cc3)C2c2cccnc2)cc1C(C)(C)C. The number of anilines is 1. The Hall–Kier alpha value is -4.44. The standard InChI is InChI=1S/C28H25N3O4/c1-28(2,3)21-14-18(9-12-22(21)35-4)25(32)23-24(19-6-5-13-30-16-19)31(27(34)26(23)33)20-10-7-17(15-29)8-11-20/h5-14,16,24,32H,1-4H3/b25-23-. The summed E-state index contributed by atoms with van der Waals surface area (Å²) >= 11 is 0. The minimum atomic E-state index is -0.892. The molecule has 176 valence electrons. The van der Waals surface area contributed by atoms with Crippen LogP contribution in [0.25, 0.3) is 5.76 Å². The Morgan fingerprint density at radius 3 is 2.40 bits per heavy atom. The van der Waals surface area contributed by atoms with Crippen LogP contribution in [-0.4, -0.2) is 28.9 Å². The zero-order chi connectivity index (χ0) is 25.3. The van der Waals surface area contributed by atoms with Crippen molar-refractivity contribution < 1.29 is 19.4 Å². The molecule has 4 rings (SSSR count). The Balaban J connectivity index is 1.94. The molecular weight excluding hydrogens is 442 g/mol. The van der Waals surface area contributed by atoms with Crippen LogP contribution in [0, 0.1) is 11.3 Å². The minimum absolute atomic E-state index is 0.0302. The van der Waals surface area contributed by atoms with Gasteiger partial charge >= 0.3 is 0 Å². The number of nitrogens with zero attached hydrogens (tertiary/aromatic N) is 3. The van der Waals surface area contributed by atoms with Crippen LogP contribution in [0.1, 0.15) is 49.1 Å². The third kappa shape index (κ3) is 4.26. The van der Waals surface area contributed by atoms with E-state index in [1.807, 2.05) is 26.8 Å². The lowest BCUT2D eigenvalue weighted by atomic mass is 9.84. The monoisotopic (exact) mass is 467 g/mol. The maximum atomic E-state index is 13.3. The third-order valence-corrected chi connectivity index (χ3v) is 6.00. The molecule has 7 heteroatoms. The molecule has 1 atom stereocenters. The molecule has 1 aromatic heterocycles. The van der Waals surface area contributed by atoms with Crippen molar-refractivity contribution in [2.24, 2.45) is 0 Å². The van der Waals surface area contributed by atoms with E-state index in [0.29, 0.717) is 28.1 Å². The molecular formula is C28H25N3O4. The highest BCUT2D eigenvalue weighted by atomic mass is 16.5. The number of Topliss-reactive ketones (excluding diaryl/α,β-unsaturated/α-hetero) is 1. The zero-order valence-corrected chi connectivity index (χ0v) is 19.9. The van der Waals surface area contributed by atoms with Gasteiger partial charge in [-0.05, 0) is 59.5 Å². The van der Waals surface area contributed by atoms with Gasteiger partial charge < -0.3 is 9.84 Å². The number of aliphatic hydroxyl groups is 1. The topological polar surface area (TPSA) is 104 Å². The highest BCUT2D eigenvalue weighted by Crippen LogP contribution is 2.43. The van der Waals surface area contributed by atoms with Crippen LogP contribution in [0.3, 0.4) is 0 Å². The van der Waals surface area contributed by atoms with Crippen molar-refractivity contribution in [2.75, 3.05) is 12.0 Å². The highest BCUT2D eigenvalue weighted by Gasteiger charge is 2.47. The predicted molar refractivity (Wildman–Crippen MR) is 132 cm³/mol. The van der Waals surface area contributed by atoms with Crippen molar-refractivity contribution in [3.05, 3.63) is 94.8 Å². The molecule has 2 aromatic carbocycles. The summed E-state index contributed by atoms with van der Waals surface area (Å²) in [5, 5.41) is 20.5. The summed E-state index contributed by atoms with van der Waals surface area (Å²) in [5.41, 5.74) is 2.37. The van der Waals surface area contributed by atoms with E-state index in [0.717, 1.165) is 5.56 Å². The number of carbonyl (C=O) groups is 2. The Labute approximate surface area is 203 Å². The van der Waals surface area contributed by atoms with Crippen LogP contribution in [0.2, 0.25) is 0 Å². The van der Waals surface area contributed by atoms with Crippen LogP contribution in [-0.2, 0) is 15.0 Å². The first kappa shape index (κ1) is 23.7. The van der Waals surface area contributed by atoms with Crippen molar-refractivity contribution in [1.82, 2.24) is 4.98 Å². The van der Waals surface area contributed by atoms with E-state index in [-0.39, 0.29) is 16.7 Å². The average molecular weight is 468 g/mol. The van der Waals surface area contributed by atoms with E-state index in [1.165, 1.54) is 4.90 Å². The van der Waals surface area contributed by atoms with Gasteiger partial charge in [-0.2, -0.15) is 5.26 Å². The van der Waals surface area contributed by atoms with E-state index in [9.17, 15) is 14.7 Å². The van der Waals surface area contributed by atoms with Crippen molar-refractivity contribution in [1.29, 1.82) is 5.26 Å². The molecule has 0 aliphatic carbocycles. The number of ketones is 1. The van der Waals surface area contributed by atoms with Crippen molar-refractivity contribution in [3.8, 4) is 11.8 Å². The number of pyridine rings is 1. The maximum Gasteiger partial charge on any atom is 0.300 e. The summed E-state index contributed by atoms with van der Waals surface area (Å²) in [4.78, 5) is 32.0. The first-order chi connectivity index (χ1) is 16.7. The Morgan fingerprint density at radius 2 is 1.83 bits per heavy atom. The predicted octanol–water partition coefficient (Wildman–Crippen LogP) is 4.89. The number of hydrogen-bond acceptors (Lipinski definition) is 6. The number of aromatic nitrogens is 1. The average Bonchev–Trinajstić information content (AvgIpc) is 3.13. The normalized spacial score (nSPS) is 17.3. The van der Waals surface area contributed by atoms with Gasteiger partial charge in [0, 0.05) is 29.2 Å². The number of nitriles is 1. The molecule has 1 N–H and O–H groups in total. The van der Waals surface area contributed by atoms with Gasteiger partial charge in [0.15, 0.2) is 0 Å². The number of rotatable bonds is 4. The van der Waals surface area contributed by atoms with Crippen LogP contribution in [0.15, 0.2) is 72.6 Å². The second kappa shape index (κ2) is 9.07. The van der Waals surface area contributed by atoms with Crippen LogP contribution >= 0.6 is 0 Å². The molecule has 1 saturated heterocycles. The lowest BCUT2D eigenvalue weighted by Gasteiger charge is -2.25. The Kier molecular flexibility index (Phi) is 6.14. The lowest BCUT2D eigenvalue weighted by Crippen LogP contribution is -2.29.